The summed E-state index contributed by atoms with van der Waals surface area (Å²) in [5.41, 5.74) is 2.70. The van der Waals surface area contributed by atoms with Gasteiger partial charge in [-0.25, -0.2) is 0 Å². The SMILES string of the molecule is COc1ccc(Cl)cc1NC(=O)CCSc1nnc(N2CCOCC2)n1-c1cccc(C)c1. The molecule has 0 atom stereocenters. The fraction of sp³-hybridized carbons (Fsp3) is 0.348. The van der Waals surface area contributed by atoms with Gasteiger partial charge >= 0.3 is 0 Å². The van der Waals surface area contributed by atoms with Crippen molar-refractivity contribution < 1.29 is 14.3 Å². The molecule has 1 aliphatic rings. The van der Waals surface area contributed by atoms with Crippen LogP contribution < -0.4 is 15.0 Å². The van der Waals surface area contributed by atoms with Crippen LogP contribution in [0.3, 0.4) is 0 Å². The highest BCUT2D eigenvalue weighted by atomic mass is 35.5. The molecule has 0 spiro atoms. The van der Waals surface area contributed by atoms with E-state index in [0.29, 0.717) is 41.8 Å². The maximum atomic E-state index is 12.5. The zero-order valence-corrected chi connectivity index (χ0v) is 20.2. The molecule has 1 amide bonds. The molecule has 3 aromatic rings. The van der Waals surface area contributed by atoms with Gasteiger partial charge in [-0.1, -0.05) is 35.5 Å². The largest absolute Gasteiger partial charge is 0.495 e. The van der Waals surface area contributed by atoms with E-state index in [4.69, 9.17) is 21.1 Å². The first-order valence-corrected chi connectivity index (χ1v) is 12.0. The number of rotatable bonds is 8. The number of hydrogen-bond acceptors (Lipinski definition) is 7. The molecule has 10 heteroatoms. The van der Waals surface area contributed by atoms with E-state index in [1.807, 2.05) is 12.1 Å². The Morgan fingerprint density at radius 1 is 1.21 bits per heavy atom. The average molecular weight is 488 g/mol. The number of aromatic nitrogens is 3. The van der Waals surface area contributed by atoms with E-state index in [9.17, 15) is 4.79 Å². The highest BCUT2D eigenvalue weighted by Gasteiger charge is 2.22. The quantitative estimate of drug-likeness (QED) is 0.477. The summed E-state index contributed by atoms with van der Waals surface area (Å²) in [5.74, 6) is 1.77. The van der Waals surface area contributed by atoms with Gasteiger partial charge in [-0.2, -0.15) is 0 Å². The van der Waals surface area contributed by atoms with Crippen LogP contribution in [0.1, 0.15) is 12.0 Å². The Morgan fingerprint density at radius 3 is 2.79 bits per heavy atom. The number of nitrogens with one attached hydrogen (secondary N) is 1. The number of thioether (sulfide) groups is 1. The molecular weight excluding hydrogens is 462 g/mol. The van der Waals surface area contributed by atoms with Crippen molar-refractivity contribution >= 4 is 40.9 Å². The van der Waals surface area contributed by atoms with Crippen molar-refractivity contribution in [3.8, 4) is 11.4 Å². The monoisotopic (exact) mass is 487 g/mol. The first-order valence-electron chi connectivity index (χ1n) is 10.7. The lowest BCUT2D eigenvalue weighted by Gasteiger charge is -2.28. The normalized spacial score (nSPS) is 13.7. The van der Waals surface area contributed by atoms with Gasteiger partial charge < -0.3 is 19.7 Å². The Hall–Kier alpha value is -2.75. The Morgan fingerprint density at radius 2 is 2.03 bits per heavy atom. The number of halogens is 1. The molecule has 1 aromatic heterocycles. The molecule has 0 radical (unpaired) electrons. The molecule has 174 valence electrons. The zero-order valence-electron chi connectivity index (χ0n) is 18.6. The predicted molar refractivity (Wildman–Crippen MR) is 131 cm³/mol. The molecule has 1 N–H and O–H groups in total. The predicted octanol–water partition coefficient (Wildman–Crippen LogP) is 4.20. The Balaban J connectivity index is 1.47. The maximum Gasteiger partial charge on any atom is 0.232 e. The first-order chi connectivity index (χ1) is 16.0. The smallest absolute Gasteiger partial charge is 0.232 e. The molecule has 1 fully saturated rings. The lowest BCUT2D eigenvalue weighted by molar-refractivity contribution is -0.115. The molecule has 4 rings (SSSR count). The molecule has 0 bridgehead atoms. The zero-order chi connectivity index (χ0) is 23.2. The summed E-state index contributed by atoms with van der Waals surface area (Å²) in [5, 5.41) is 13.1. The third kappa shape index (κ3) is 5.79. The lowest BCUT2D eigenvalue weighted by atomic mass is 10.2. The number of benzene rings is 2. The highest BCUT2D eigenvalue weighted by Crippen LogP contribution is 2.30. The van der Waals surface area contributed by atoms with Crippen molar-refractivity contribution in [1.29, 1.82) is 0 Å². The Kier molecular flexibility index (Phi) is 7.74. The topological polar surface area (TPSA) is 81.5 Å². The number of anilines is 2. The van der Waals surface area contributed by atoms with Crippen molar-refractivity contribution in [3.63, 3.8) is 0 Å². The molecule has 0 aliphatic carbocycles. The fourth-order valence-corrected chi connectivity index (χ4v) is 4.60. The van der Waals surface area contributed by atoms with E-state index in [2.05, 4.69) is 44.0 Å². The van der Waals surface area contributed by atoms with Gasteiger partial charge in [0.2, 0.25) is 11.9 Å². The van der Waals surface area contributed by atoms with Crippen LogP contribution in [0.2, 0.25) is 5.02 Å². The summed E-state index contributed by atoms with van der Waals surface area (Å²) >= 11 is 7.55. The van der Waals surface area contributed by atoms with Gasteiger partial charge in [0, 0.05) is 30.3 Å². The molecule has 2 heterocycles. The standard InChI is InChI=1S/C23H26ClN5O3S/c1-16-4-3-5-18(14-16)29-22(28-9-11-32-12-10-28)26-27-23(29)33-13-8-21(30)25-19-15-17(24)6-7-20(19)31-2/h3-7,14-15H,8-13H2,1-2H3,(H,25,30). The van der Waals surface area contributed by atoms with Crippen LogP contribution in [-0.4, -0.2) is 59.8 Å². The number of carbonyl (C=O) groups is 1. The molecule has 0 saturated carbocycles. The molecule has 8 nitrogen and oxygen atoms in total. The first kappa shape index (κ1) is 23.4. The van der Waals surface area contributed by atoms with Crippen molar-refractivity contribution in [3.05, 3.63) is 53.1 Å². The second-order valence-electron chi connectivity index (χ2n) is 7.55. The van der Waals surface area contributed by atoms with Gasteiger partial charge in [0.15, 0.2) is 5.16 Å². The second-order valence-corrected chi connectivity index (χ2v) is 9.05. The van der Waals surface area contributed by atoms with Crippen LogP contribution in [0.4, 0.5) is 11.6 Å². The number of ether oxygens (including phenoxy) is 2. The third-order valence-corrected chi connectivity index (χ3v) is 6.33. The summed E-state index contributed by atoms with van der Waals surface area (Å²) in [6.07, 6.45) is 0.300. The van der Waals surface area contributed by atoms with E-state index in [1.54, 1.807) is 25.3 Å². The van der Waals surface area contributed by atoms with Crippen LogP contribution in [-0.2, 0) is 9.53 Å². The van der Waals surface area contributed by atoms with E-state index in [0.717, 1.165) is 35.4 Å². The van der Waals surface area contributed by atoms with E-state index in [1.165, 1.54) is 11.8 Å². The minimum Gasteiger partial charge on any atom is -0.495 e. The Labute approximate surface area is 202 Å². The number of methoxy groups -OCH3 is 1. The van der Waals surface area contributed by atoms with Crippen molar-refractivity contribution in [2.75, 3.05) is 49.4 Å². The maximum absolute atomic E-state index is 12.5. The number of carbonyl (C=O) groups excluding carboxylic acids is 1. The molecule has 1 saturated heterocycles. The minimum absolute atomic E-state index is 0.127. The molecule has 2 aromatic carbocycles. The van der Waals surface area contributed by atoms with Crippen LogP contribution >= 0.6 is 23.4 Å². The number of amides is 1. The summed E-state index contributed by atoms with van der Waals surface area (Å²) in [4.78, 5) is 14.7. The number of hydrogen-bond donors (Lipinski definition) is 1. The van der Waals surface area contributed by atoms with E-state index in [-0.39, 0.29) is 5.91 Å². The summed E-state index contributed by atoms with van der Waals surface area (Å²) in [7, 11) is 1.55. The van der Waals surface area contributed by atoms with Gasteiger partial charge in [-0.3, -0.25) is 9.36 Å². The van der Waals surface area contributed by atoms with Gasteiger partial charge in [0.1, 0.15) is 5.75 Å². The summed E-state index contributed by atoms with van der Waals surface area (Å²) < 4.78 is 12.8. The number of aryl methyl sites for hydroxylation is 1. The lowest BCUT2D eigenvalue weighted by Crippen LogP contribution is -2.37. The van der Waals surface area contributed by atoms with Crippen molar-refractivity contribution in [2.24, 2.45) is 0 Å². The van der Waals surface area contributed by atoms with Crippen molar-refractivity contribution in [2.45, 2.75) is 18.5 Å². The van der Waals surface area contributed by atoms with Gasteiger partial charge in [0.05, 0.1) is 31.7 Å². The minimum atomic E-state index is -0.127. The fourth-order valence-electron chi connectivity index (χ4n) is 3.54. The molecular formula is C23H26ClN5O3S. The van der Waals surface area contributed by atoms with Gasteiger partial charge in [0.25, 0.3) is 0 Å². The van der Waals surface area contributed by atoms with E-state index < -0.39 is 0 Å². The van der Waals surface area contributed by atoms with E-state index >= 15 is 0 Å². The summed E-state index contributed by atoms with van der Waals surface area (Å²) in [6, 6.07) is 13.4. The molecule has 1 aliphatic heterocycles. The molecule has 0 unspecified atom stereocenters. The Bertz CT molecular complexity index is 1120. The second kappa shape index (κ2) is 10.9. The van der Waals surface area contributed by atoms with Crippen LogP contribution in [0.5, 0.6) is 5.75 Å². The number of morpholine rings is 1. The van der Waals surface area contributed by atoms with Crippen LogP contribution in [0.15, 0.2) is 47.6 Å². The summed E-state index contributed by atoms with van der Waals surface area (Å²) in [6.45, 7) is 4.91. The number of nitrogens with zero attached hydrogens (tertiary/aromatic N) is 4. The van der Waals surface area contributed by atoms with Crippen molar-refractivity contribution in [1.82, 2.24) is 14.8 Å². The van der Waals surface area contributed by atoms with Gasteiger partial charge in [-0.15, -0.1) is 10.2 Å². The van der Waals surface area contributed by atoms with Crippen LogP contribution in [0, 0.1) is 6.92 Å². The van der Waals surface area contributed by atoms with Gasteiger partial charge in [-0.05, 0) is 42.8 Å². The van der Waals surface area contributed by atoms with Crippen LogP contribution in [0.25, 0.3) is 5.69 Å². The third-order valence-electron chi connectivity index (χ3n) is 5.17. The highest BCUT2D eigenvalue weighted by molar-refractivity contribution is 7.99. The average Bonchev–Trinajstić information content (AvgIpc) is 3.24. The molecule has 33 heavy (non-hydrogen) atoms.